The topological polar surface area (TPSA) is 104 Å². The summed E-state index contributed by atoms with van der Waals surface area (Å²) in [7, 11) is -4.19. The Hall–Kier alpha value is -2.94. The molecule has 3 N–H and O–H groups in total. The summed E-state index contributed by atoms with van der Waals surface area (Å²) < 4.78 is 42.2. The molecule has 146 valence electrons. The lowest BCUT2D eigenvalue weighted by Gasteiger charge is -2.18. The first-order valence-electron chi connectivity index (χ1n) is 8.88. The summed E-state index contributed by atoms with van der Waals surface area (Å²) in [6.45, 7) is 0. The number of carbonyl (C=O) groups excluding carboxylic acids is 2. The van der Waals surface area contributed by atoms with E-state index in [0.29, 0.717) is 17.7 Å². The van der Waals surface area contributed by atoms with E-state index >= 15 is 0 Å². The second-order valence-electron chi connectivity index (χ2n) is 6.94. The number of benzene rings is 2. The minimum atomic E-state index is -4.19. The number of carbonyl (C=O) groups is 2. The number of amides is 2. The van der Waals surface area contributed by atoms with E-state index in [1.54, 1.807) is 12.1 Å². The smallest absolute Gasteiger partial charge is 0.264 e. The third-order valence-electron chi connectivity index (χ3n) is 4.67. The maximum Gasteiger partial charge on any atom is 0.264 e. The zero-order valence-electron chi connectivity index (χ0n) is 14.8. The average Bonchev–Trinajstić information content (AvgIpc) is 3.46. The first kappa shape index (κ1) is 18.4. The van der Waals surface area contributed by atoms with Crippen LogP contribution in [0.4, 0.5) is 21.5 Å². The third-order valence-corrected chi connectivity index (χ3v) is 6.07. The van der Waals surface area contributed by atoms with E-state index in [4.69, 9.17) is 0 Å². The molecule has 28 heavy (non-hydrogen) atoms. The Labute approximate surface area is 161 Å². The molecule has 2 amide bonds. The van der Waals surface area contributed by atoms with Crippen LogP contribution in [-0.2, 0) is 26.0 Å². The summed E-state index contributed by atoms with van der Waals surface area (Å²) in [5, 5.41) is 5.27. The Balaban J connectivity index is 1.57. The highest BCUT2D eigenvalue weighted by Gasteiger charge is 2.29. The highest BCUT2D eigenvalue weighted by Crippen LogP contribution is 2.31. The van der Waals surface area contributed by atoms with Crippen molar-refractivity contribution in [2.45, 2.75) is 30.6 Å². The number of halogens is 1. The van der Waals surface area contributed by atoms with Crippen LogP contribution in [0.1, 0.15) is 24.8 Å². The molecule has 0 spiro atoms. The molecule has 0 bridgehead atoms. The molecule has 2 aliphatic rings. The summed E-state index contributed by atoms with van der Waals surface area (Å²) in [5.41, 5.74) is 1.52. The predicted molar refractivity (Wildman–Crippen MR) is 102 cm³/mol. The normalized spacial score (nSPS) is 16.1. The molecule has 7 nitrogen and oxygen atoms in total. The van der Waals surface area contributed by atoms with Crippen LogP contribution in [0.3, 0.4) is 0 Å². The molecule has 1 heterocycles. The largest absolute Gasteiger partial charge is 0.326 e. The van der Waals surface area contributed by atoms with Gasteiger partial charge in [0.2, 0.25) is 11.8 Å². The predicted octanol–water partition coefficient (Wildman–Crippen LogP) is 2.86. The molecule has 4 rings (SSSR count). The van der Waals surface area contributed by atoms with Crippen LogP contribution < -0.4 is 15.4 Å². The van der Waals surface area contributed by atoms with E-state index in [2.05, 4.69) is 15.4 Å². The van der Waals surface area contributed by atoms with Gasteiger partial charge in [-0.3, -0.25) is 14.3 Å². The first-order chi connectivity index (χ1) is 13.3. The van der Waals surface area contributed by atoms with Crippen molar-refractivity contribution in [3.05, 3.63) is 47.8 Å². The molecular formula is C19H18FN3O4S. The third kappa shape index (κ3) is 3.84. The molecule has 0 atom stereocenters. The van der Waals surface area contributed by atoms with Crippen molar-refractivity contribution in [1.29, 1.82) is 0 Å². The van der Waals surface area contributed by atoms with Gasteiger partial charge in [0.25, 0.3) is 10.0 Å². The number of sulfonamides is 1. The lowest BCUT2D eigenvalue weighted by molar-refractivity contribution is -0.117. The quantitative estimate of drug-likeness (QED) is 0.714. The summed E-state index contributed by atoms with van der Waals surface area (Å²) in [5.74, 6) is -1.26. The van der Waals surface area contributed by atoms with Crippen LogP contribution in [0, 0.1) is 11.7 Å². The van der Waals surface area contributed by atoms with Gasteiger partial charge in [-0.05, 0) is 55.2 Å². The van der Waals surface area contributed by atoms with Gasteiger partial charge in [-0.15, -0.1) is 0 Å². The lowest BCUT2D eigenvalue weighted by Crippen LogP contribution is -2.21. The zero-order chi connectivity index (χ0) is 19.9. The monoisotopic (exact) mass is 403 g/mol. The lowest BCUT2D eigenvalue weighted by atomic mass is 10.0. The maximum atomic E-state index is 14.4. The molecule has 1 fully saturated rings. The standard InChI is InChI=1S/C19H18FN3O4S/c20-15-10-16-12(6-7-18(24)22-16)8-17(15)28(26,27)23-14-3-1-2-13(9-14)21-19(25)11-4-5-11/h1-3,8-11,23H,4-7H2,(H,21,25)(H,22,24). The van der Waals surface area contributed by atoms with Gasteiger partial charge in [-0.2, -0.15) is 0 Å². The summed E-state index contributed by atoms with van der Waals surface area (Å²) in [6, 6.07) is 8.51. The summed E-state index contributed by atoms with van der Waals surface area (Å²) in [4.78, 5) is 22.8. The minimum absolute atomic E-state index is 0.0189. The van der Waals surface area contributed by atoms with Crippen molar-refractivity contribution in [3.8, 4) is 0 Å². The molecule has 2 aromatic carbocycles. The van der Waals surface area contributed by atoms with Crippen molar-refractivity contribution < 1.29 is 22.4 Å². The number of rotatable bonds is 5. The van der Waals surface area contributed by atoms with Gasteiger partial charge >= 0.3 is 0 Å². The Morgan fingerprint density at radius 3 is 2.61 bits per heavy atom. The number of fused-ring (bicyclic) bond motifs is 1. The van der Waals surface area contributed by atoms with Crippen LogP contribution >= 0.6 is 0 Å². The molecule has 0 radical (unpaired) electrons. The fraction of sp³-hybridized carbons (Fsp3) is 0.263. The summed E-state index contributed by atoms with van der Waals surface area (Å²) >= 11 is 0. The number of hydrogen-bond acceptors (Lipinski definition) is 4. The number of hydrogen-bond donors (Lipinski definition) is 3. The van der Waals surface area contributed by atoms with Gasteiger partial charge in [-0.1, -0.05) is 6.07 Å². The highest BCUT2D eigenvalue weighted by atomic mass is 32.2. The van der Waals surface area contributed by atoms with Gasteiger partial charge in [0.1, 0.15) is 10.7 Å². The van der Waals surface area contributed by atoms with Crippen LogP contribution in [0.5, 0.6) is 0 Å². The molecule has 1 saturated carbocycles. The van der Waals surface area contributed by atoms with Crippen molar-refractivity contribution in [1.82, 2.24) is 0 Å². The Morgan fingerprint density at radius 2 is 1.86 bits per heavy atom. The van der Waals surface area contributed by atoms with Crippen molar-refractivity contribution in [2.24, 2.45) is 5.92 Å². The maximum absolute atomic E-state index is 14.4. The van der Waals surface area contributed by atoms with Crippen molar-refractivity contribution in [2.75, 3.05) is 15.4 Å². The van der Waals surface area contributed by atoms with Gasteiger partial charge < -0.3 is 10.6 Å². The fourth-order valence-electron chi connectivity index (χ4n) is 3.05. The Morgan fingerprint density at radius 1 is 1.11 bits per heavy atom. The van der Waals surface area contributed by atoms with E-state index < -0.39 is 20.7 Å². The molecular weight excluding hydrogens is 385 g/mol. The van der Waals surface area contributed by atoms with Gasteiger partial charge in [0.05, 0.1) is 5.69 Å². The van der Waals surface area contributed by atoms with Crippen LogP contribution in [0.15, 0.2) is 41.3 Å². The fourth-order valence-corrected chi connectivity index (χ4v) is 4.21. The SMILES string of the molecule is O=C1CCc2cc(S(=O)(=O)Nc3cccc(NC(=O)C4CC4)c3)c(F)cc2N1. The van der Waals surface area contributed by atoms with E-state index in [1.807, 2.05) is 0 Å². The average molecular weight is 403 g/mol. The van der Waals surface area contributed by atoms with Gasteiger partial charge in [-0.25, -0.2) is 12.8 Å². The Bertz CT molecular complexity index is 1080. The second-order valence-corrected chi connectivity index (χ2v) is 8.59. The second kappa shape index (κ2) is 6.90. The van der Waals surface area contributed by atoms with E-state index in [-0.39, 0.29) is 35.5 Å². The molecule has 2 aromatic rings. The highest BCUT2D eigenvalue weighted by molar-refractivity contribution is 7.92. The zero-order valence-corrected chi connectivity index (χ0v) is 15.6. The molecule has 9 heteroatoms. The first-order valence-corrected chi connectivity index (χ1v) is 10.4. The minimum Gasteiger partial charge on any atom is -0.326 e. The van der Waals surface area contributed by atoms with Crippen molar-refractivity contribution in [3.63, 3.8) is 0 Å². The number of nitrogens with one attached hydrogen (secondary N) is 3. The van der Waals surface area contributed by atoms with Crippen LogP contribution in [0.25, 0.3) is 0 Å². The molecule has 0 saturated heterocycles. The van der Waals surface area contributed by atoms with E-state index in [0.717, 1.165) is 18.9 Å². The van der Waals surface area contributed by atoms with Gasteiger partial charge in [0.15, 0.2) is 0 Å². The van der Waals surface area contributed by atoms with E-state index in [1.165, 1.54) is 18.2 Å². The van der Waals surface area contributed by atoms with Gasteiger partial charge in [0, 0.05) is 23.7 Å². The molecule has 1 aliphatic heterocycles. The Kier molecular flexibility index (Phi) is 4.54. The van der Waals surface area contributed by atoms with Crippen LogP contribution in [0.2, 0.25) is 0 Å². The molecule has 0 unspecified atom stereocenters. The number of aryl methyl sites for hydroxylation is 1. The number of anilines is 3. The summed E-state index contributed by atoms with van der Waals surface area (Å²) in [6.07, 6.45) is 2.27. The van der Waals surface area contributed by atoms with E-state index in [9.17, 15) is 22.4 Å². The molecule has 0 aromatic heterocycles. The molecule has 1 aliphatic carbocycles. The van der Waals surface area contributed by atoms with Crippen molar-refractivity contribution >= 4 is 38.9 Å². The van der Waals surface area contributed by atoms with Crippen LogP contribution in [-0.4, -0.2) is 20.2 Å².